The smallest absolute Gasteiger partial charge is 0.135 e. The van der Waals surface area contributed by atoms with E-state index in [4.69, 9.17) is 8.83 Å². The van der Waals surface area contributed by atoms with Gasteiger partial charge in [0.25, 0.3) is 0 Å². The molecular formula is C26H12F2O2. The molecule has 7 aromatic rings. The number of benzene rings is 5. The van der Waals surface area contributed by atoms with Gasteiger partial charge in [-0.2, -0.15) is 0 Å². The molecule has 142 valence electrons. The summed E-state index contributed by atoms with van der Waals surface area (Å²) in [7, 11) is 0. The maximum Gasteiger partial charge on any atom is 0.135 e. The van der Waals surface area contributed by atoms with Crippen LogP contribution in [0.3, 0.4) is 0 Å². The summed E-state index contributed by atoms with van der Waals surface area (Å²) in [5.41, 5.74) is 2.63. The summed E-state index contributed by atoms with van der Waals surface area (Å²) < 4.78 is 40.7. The molecule has 2 aromatic heterocycles. The summed E-state index contributed by atoms with van der Waals surface area (Å²) in [6.07, 6.45) is 0. The molecule has 0 fully saturated rings. The summed E-state index contributed by atoms with van der Waals surface area (Å²) in [5, 5.41) is 6.86. The molecule has 0 amide bonds. The molecule has 5 aromatic carbocycles. The predicted octanol–water partition coefficient (Wildman–Crippen LogP) is 8.07. The second-order valence-corrected chi connectivity index (χ2v) is 7.59. The molecule has 0 saturated heterocycles. The highest BCUT2D eigenvalue weighted by atomic mass is 19.1. The molecule has 0 unspecified atom stereocenters. The molecule has 0 aliphatic heterocycles. The summed E-state index contributed by atoms with van der Waals surface area (Å²) in [6, 6.07) is 20.8. The van der Waals surface area contributed by atoms with Crippen LogP contribution in [0.5, 0.6) is 0 Å². The molecule has 4 heteroatoms. The van der Waals surface area contributed by atoms with Crippen molar-refractivity contribution in [3.05, 3.63) is 84.4 Å². The van der Waals surface area contributed by atoms with Gasteiger partial charge in [0.1, 0.15) is 34.0 Å². The van der Waals surface area contributed by atoms with E-state index in [2.05, 4.69) is 0 Å². The SMILES string of the molecule is Fc1ccc2oc3cccc4c3c(c2c1)c1cccc2oc3ccc(F)cc3c4c21. The van der Waals surface area contributed by atoms with Crippen molar-refractivity contribution < 1.29 is 17.6 Å². The van der Waals surface area contributed by atoms with Gasteiger partial charge in [-0.05, 0) is 59.3 Å². The molecule has 2 nitrogen and oxygen atoms in total. The van der Waals surface area contributed by atoms with Crippen molar-refractivity contribution in [2.75, 3.05) is 0 Å². The minimum Gasteiger partial charge on any atom is -0.456 e. The zero-order chi connectivity index (χ0) is 20.0. The van der Waals surface area contributed by atoms with E-state index in [1.165, 1.54) is 24.3 Å². The number of halogens is 2. The van der Waals surface area contributed by atoms with Crippen LogP contribution in [0.25, 0.3) is 65.4 Å². The minimum atomic E-state index is -0.325. The average molecular weight is 394 g/mol. The molecule has 0 saturated carbocycles. The molecule has 2 heterocycles. The Kier molecular flexibility index (Phi) is 2.85. The van der Waals surface area contributed by atoms with Gasteiger partial charge >= 0.3 is 0 Å². The maximum absolute atomic E-state index is 14.2. The van der Waals surface area contributed by atoms with Crippen molar-refractivity contribution in [2.45, 2.75) is 0 Å². The molecule has 0 atom stereocenters. The average Bonchev–Trinajstić information content (AvgIpc) is 2.76. The predicted molar refractivity (Wildman–Crippen MR) is 116 cm³/mol. The Hall–Kier alpha value is -3.92. The largest absolute Gasteiger partial charge is 0.456 e. The minimum absolute atomic E-state index is 0.325. The van der Waals surface area contributed by atoms with Crippen LogP contribution in [0, 0.1) is 11.6 Å². The molecule has 0 radical (unpaired) electrons. The zero-order valence-electron chi connectivity index (χ0n) is 15.5. The Bertz CT molecular complexity index is 1690. The van der Waals surface area contributed by atoms with Crippen LogP contribution in [0.1, 0.15) is 0 Å². The molecule has 0 bridgehead atoms. The monoisotopic (exact) mass is 394 g/mol. The first kappa shape index (κ1) is 15.9. The van der Waals surface area contributed by atoms with E-state index < -0.39 is 0 Å². The lowest BCUT2D eigenvalue weighted by Crippen LogP contribution is -1.90. The van der Waals surface area contributed by atoms with Gasteiger partial charge in [-0.25, -0.2) is 8.78 Å². The standard InChI is InChI=1S/C26H12F2O2/c27-13-8-10-20-17(11-13)23-15-3-1-5-21-25(15)24(16-4-2-6-22(30-20)26(16)23)18-12-14(28)7-9-19(18)29-21/h1-12H. The number of hydrogen-bond acceptors (Lipinski definition) is 2. The van der Waals surface area contributed by atoms with E-state index in [9.17, 15) is 8.78 Å². The topological polar surface area (TPSA) is 26.3 Å². The van der Waals surface area contributed by atoms with E-state index in [0.717, 1.165) is 32.3 Å². The molecular weight excluding hydrogens is 382 g/mol. The van der Waals surface area contributed by atoms with Gasteiger partial charge in [0.05, 0.1) is 0 Å². The quantitative estimate of drug-likeness (QED) is 0.192. The highest BCUT2D eigenvalue weighted by Crippen LogP contribution is 2.45. The van der Waals surface area contributed by atoms with Gasteiger partial charge in [-0.15, -0.1) is 0 Å². The highest BCUT2D eigenvalue weighted by molar-refractivity contribution is 6.39. The van der Waals surface area contributed by atoms with E-state index in [0.29, 0.717) is 33.1 Å². The molecule has 0 aliphatic carbocycles. The zero-order valence-corrected chi connectivity index (χ0v) is 15.5. The van der Waals surface area contributed by atoms with Crippen LogP contribution >= 0.6 is 0 Å². The van der Waals surface area contributed by atoms with Crippen LogP contribution in [0.4, 0.5) is 8.78 Å². The van der Waals surface area contributed by atoms with Gasteiger partial charge in [-0.1, -0.05) is 24.3 Å². The van der Waals surface area contributed by atoms with Crippen molar-refractivity contribution in [1.29, 1.82) is 0 Å². The fourth-order valence-electron chi connectivity index (χ4n) is 4.80. The lowest BCUT2D eigenvalue weighted by Gasteiger charge is -2.16. The Labute approximate surface area is 167 Å². The van der Waals surface area contributed by atoms with Gasteiger partial charge in [0.15, 0.2) is 0 Å². The Morgan fingerprint density at radius 1 is 0.433 bits per heavy atom. The van der Waals surface area contributed by atoms with Crippen molar-refractivity contribution in [1.82, 2.24) is 0 Å². The summed E-state index contributed by atoms with van der Waals surface area (Å²) in [5.74, 6) is -0.650. The Morgan fingerprint density at radius 2 is 0.900 bits per heavy atom. The van der Waals surface area contributed by atoms with Gasteiger partial charge in [0.2, 0.25) is 0 Å². The maximum atomic E-state index is 14.2. The first-order valence-corrected chi connectivity index (χ1v) is 9.66. The molecule has 0 spiro atoms. The van der Waals surface area contributed by atoms with Gasteiger partial charge in [0, 0.05) is 32.3 Å². The third-order valence-corrected chi connectivity index (χ3v) is 5.95. The van der Waals surface area contributed by atoms with Crippen LogP contribution < -0.4 is 0 Å². The van der Waals surface area contributed by atoms with Crippen molar-refractivity contribution in [3.8, 4) is 0 Å². The molecule has 0 N–H and O–H groups in total. The van der Waals surface area contributed by atoms with Crippen LogP contribution in [-0.4, -0.2) is 0 Å². The second-order valence-electron chi connectivity index (χ2n) is 7.59. The van der Waals surface area contributed by atoms with Crippen LogP contribution in [0.2, 0.25) is 0 Å². The lowest BCUT2D eigenvalue weighted by atomic mass is 9.90. The normalized spacial score (nSPS) is 12.3. The summed E-state index contributed by atoms with van der Waals surface area (Å²) >= 11 is 0. The van der Waals surface area contributed by atoms with Crippen molar-refractivity contribution in [2.24, 2.45) is 0 Å². The fourth-order valence-corrected chi connectivity index (χ4v) is 4.80. The van der Waals surface area contributed by atoms with Gasteiger partial charge < -0.3 is 8.83 Å². The number of fused-ring (bicyclic) bond motifs is 6. The van der Waals surface area contributed by atoms with E-state index in [1.807, 2.05) is 36.4 Å². The Balaban J connectivity index is 1.94. The van der Waals surface area contributed by atoms with Crippen LogP contribution in [0.15, 0.2) is 81.6 Å². The Morgan fingerprint density at radius 3 is 1.37 bits per heavy atom. The van der Waals surface area contributed by atoms with Crippen molar-refractivity contribution in [3.63, 3.8) is 0 Å². The van der Waals surface area contributed by atoms with Gasteiger partial charge in [-0.3, -0.25) is 0 Å². The van der Waals surface area contributed by atoms with E-state index in [1.54, 1.807) is 12.1 Å². The number of rotatable bonds is 0. The third kappa shape index (κ3) is 1.90. The number of hydrogen-bond donors (Lipinski definition) is 0. The van der Waals surface area contributed by atoms with E-state index >= 15 is 0 Å². The van der Waals surface area contributed by atoms with E-state index in [-0.39, 0.29) is 11.6 Å². The lowest BCUT2D eigenvalue weighted by molar-refractivity contribution is 0.624. The molecule has 7 rings (SSSR count). The second kappa shape index (κ2) is 5.36. The fraction of sp³-hybridized carbons (Fsp3) is 0. The molecule has 30 heavy (non-hydrogen) atoms. The summed E-state index contributed by atoms with van der Waals surface area (Å²) in [4.78, 5) is 0. The van der Waals surface area contributed by atoms with Crippen LogP contribution in [-0.2, 0) is 0 Å². The summed E-state index contributed by atoms with van der Waals surface area (Å²) in [6.45, 7) is 0. The first-order chi connectivity index (χ1) is 14.7. The van der Waals surface area contributed by atoms with Crippen molar-refractivity contribution >= 4 is 65.4 Å². The first-order valence-electron chi connectivity index (χ1n) is 9.66. The highest BCUT2D eigenvalue weighted by Gasteiger charge is 2.20. The molecule has 0 aliphatic rings. The third-order valence-electron chi connectivity index (χ3n) is 5.95.